The number of phenols is 1. The first-order chi connectivity index (χ1) is 14.6. The van der Waals surface area contributed by atoms with Gasteiger partial charge in [-0.25, -0.2) is 0 Å². The van der Waals surface area contributed by atoms with Crippen LogP contribution in [0.4, 0.5) is 0 Å². The van der Waals surface area contributed by atoms with Crippen molar-refractivity contribution in [2.45, 2.75) is 25.7 Å². The van der Waals surface area contributed by atoms with E-state index in [0.717, 1.165) is 0 Å². The highest BCUT2D eigenvalue weighted by atomic mass is 16.5. The van der Waals surface area contributed by atoms with E-state index in [1.54, 1.807) is 12.1 Å². The Kier molecular flexibility index (Phi) is 4.40. The lowest BCUT2D eigenvalue weighted by Crippen LogP contribution is -2.26. The fraction of sp³-hybridized carbons (Fsp3) is 0.333. The van der Waals surface area contributed by atoms with Crippen LogP contribution in [0.15, 0.2) is 29.1 Å². The van der Waals surface area contributed by atoms with Crippen molar-refractivity contribution in [1.29, 1.82) is 0 Å². The van der Waals surface area contributed by atoms with Crippen molar-refractivity contribution in [3.05, 3.63) is 45.6 Å². The van der Waals surface area contributed by atoms with Crippen LogP contribution in [0.3, 0.4) is 0 Å². The molecule has 1 aliphatic carbocycles. The summed E-state index contributed by atoms with van der Waals surface area (Å²) in [4.78, 5) is 24.9. The number of aromatic hydroxyl groups is 1. The van der Waals surface area contributed by atoms with E-state index in [4.69, 9.17) is 18.3 Å². The fourth-order valence-corrected chi connectivity index (χ4v) is 3.61. The first kappa shape index (κ1) is 15.8. The van der Waals surface area contributed by atoms with E-state index >= 15 is 0 Å². The molecule has 148 valence electrons. The average Bonchev–Trinajstić information content (AvgIpc) is 2.96. The van der Waals surface area contributed by atoms with Crippen LogP contribution in [-0.2, 0) is 11.2 Å². The largest absolute Gasteiger partial charge is 0.502 e. The summed E-state index contributed by atoms with van der Waals surface area (Å²) < 4.78 is 38.0. The molecule has 0 aliphatic heterocycles. The zero-order valence-electron chi connectivity index (χ0n) is 18.8. The normalized spacial score (nSPS) is 17.0. The molecule has 7 heteroatoms. The Balaban J connectivity index is 2.32. The van der Waals surface area contributed by atoms with Gasteiger partial charge in [0.2, 0.25) is 17.1 Å². The first-order valence-corrected chi connectivity index (χ1v) is 8.62. The highest BCUT2D eigenvalue weighted by Gasteiger charge is 2.28. The van der Waals surface area contributed by atoms with Crippen LogP contribution in [0.2, 0.25) is 0 Å². The van der Waals surface area contributed by atoms with E-state index < -0.39 is 24.2 Å². The van der Waals surface area contributed by atoms with Gasteiger partial charge in [0, 0.05) is 16.5 Å². The molecular weight excluding hydrogens is 362 g/mol. The van der Waals surface area contributed by atoms with Crippen molar-refractivity contribution in [1.82, 2.24) is 5.32 Å². The summed E-state index contributed by atoms with van der Waals surface area (Å²) in [6.45, 7) is -2.84. The Morgan fingerprint density at radius 2 is 1.89 bits per heavy atom. The molecule has 0 saturated heterocycles. The van der Waals surface area contributed by atoms with Gasteiger partial charge in [-0.3, -0.25) is 9.59 Å². The van der Waals surface area contributed by atoms with E-state index in [0.29, 0.717) is 28.7 Å². The lowest BCUT2D eigenvalue weighted by molar-refractivity contribution is -0.119. The molecular formula is C21H23NO6. The van der Waals surface area contributed by atoms with Gasteiger partial charge < -0.3 is 24.6 Å². The molecule has 1 aliphatic rings. The quantitative estimate of drug-likeness (QED) is 0.836. The maximum atomic E-state index is 12.6. The Labute approximate surface area is 167 Å². The molecule has 0 aromatic heterocycles. The van der Waals surface area contributed by atoms with Gasteiger partial charge in [-0.2, -0.15) is 0 Å². The molecule has 0 heterocycles. The standard InChI is InChI=1S/C21H23NO6/c1-11(23)22-16-7-5-13-14(10-19(27-3)20(25)21(13)28-4)12-6-8-18(26-2)17(24)9-15(12)16/h6,8-10,16,25H,5,7H2,1-4H3,(H,22,23)/i1D3. The van der Waals surface area contributed by atoms with E-state index in [1.165, 1.54) is 33.5 Å². The molecule has 0 saturated carbocycles. The molecule has 0 spiro atoms. The predicted octanol–water partition coefficient (Wildman–Crippen LogP) is 2.57. The second kappa shape index (κ2) is 7.80. The van der Waals surface area contributed by atoms with Crippen LogP contribution in [0.5, 0.6) is 23.0 Å². The van der Waals surface area contributed by atoms with Crippen LogP contribution in [0, 0.1) is 0 Å². The number of phenolic OH excluding ortho intramolecular Hbond substituents is 1. The van der Waals surface area contributed by atoms with Gasteiger partial charge >= 0.3 is 0 Å². The number of nitrogens with one attached hydrogen (secondary N) is 1. The summed E-state index contributed by atoms with van der Waals surface area (Å²) in [6, 6.07) is 5.35. The van der Waals surface area contributed by atoms with E-state index in [-0.39, 0.29) is 29.4 Å². The molecule has 1 unspecified atom stereocenters. The van der Waals surface area contributed by atoms with Crippen molar-refractivity contribution in [2.24, 2.45) is 0 Å². The van der Waals surface area contributed by atoms with Gasteiger partial charge in [-0.05, 0) is 47.7 Å². The van der Waals surface area contributed by atoms with Crippen LogP contribution >= 0.6 is 0 Å². The summed E-state index contributed by atoms with van der Waals surface area (Å²) in [5.41, 5.74) is 1.84. The Bertz CT molecular complexity index is 1080. The summed E-state index contributed by atoms with van der Waals surface area (Å²) in [7, 11) is 4.19. The third-order valence-electron chi connectivity index (χ3n) is 4.86. The number of ether oxygens (including phenoxy) is 3. The second-order valence-electron chi connectivity index (χ2n) is 6.33. The number of carbonyl (C=O) groups is 1. The summed E-state index contributed by atoms with van der Waals surface area (Å²) in [5, 5.41) is 13.0. The molecule has 2 N–H and O–H groups in total. The van der Waals surface area contributed by atoms with Crippen LogP contribution in [-0.4, -0.2) is 32.3 Å². The molecule has 2 aromatic carbocycles. The summed E-state index contributed by atoms with van der Waals surface area (Å²) in [5.74, 6) is -0.810. The van der Waals surface area contributed by atoms with Crippen LogP contribution in [0.1, 0.15) is 34.6 Å². The van der Waals surface area contributed by atoms with Crippen LogP contribution < -0.4 is 25.0 Å². The third kappa shape index (κ3) is 3.35. The van der Waals surface area contributed by atoms with Crippen molar-refractivity contribution in [3.8, 4) is 34.1 Å². The van der Waals surface area contributed by atoms with Gasteiger partial charge in [0.05, 0.1) is 27.4 Å². The SMILES string of the molecule is [2H]C([2H])([2H])C(=O)NC1CCc2c(cc(OC)c(O)c2OC)-c2ccc(OC)c(=O)cc21. The maximum absolute atomic E-state index is 12.6. The highest BCUT2D eigenvalue weighted by molar-refractivity contribution is 5.80. The Morgan fingerprint density at radius 1 is 1.14 bits per heavy atom. The highest BCUT2D eigenvalue weighted by Crippen LogP contribution is 2.48. The van der Waals surface area contributed by atoms with Gasteiger partial charge in [-0.15, -0.1) is 0 Å². The van der Waals surface area contributed by atoms with Gasteiger partial charge in [-0.1, -0.05) is 6.07 Å². The molecule has 2 aromatic rings. The Morgan fingerprint density at radius 3 is 2.54 bits per heavy atom. The van der Waals surface area contributed by atoms with E-state index in [9.17, 15) is 14.7 Å². The second-order valence-corrected chi connectivity index (χ2v) is 6.33. The molecule has 3 rings (SSSR count). The molecule has 1 amide bonds. The number of methoxy groups -OCH3 is 3. The number of fused-ring (bicyclic) bond motifs is 3. The summed E-state index contributed by atoms with van der Waals surface area (Å²) >= 11 is 0. The molecule has 28 heavy (non-hydrogen) atoms. The first-order valence-electron chi connectivity index (χ1n) is 10.1. The smallest absolute Gasteiger partial charge is 0.220 e. The molecule has 0 bridgehead atoms. The number of amides is 1. The minimum Gasteiger partial charge on any atom is -0.502 e. The maximum Gasteiger partial charge on any atom is 0.220 e. The zero-order valence-corrected chi connectivity index (χ0v) is 15.8. The lowest BCUT2D eigenvalue weighted by Gasteiger charge is -2.17. The van der Waals surface area contributed by atoms with Gasteiger partial charge in [0.1, 0.15) is 0 Å². The topological polar surface area (TPSA) is 94.1 Å². The number of hydrogen-bond acceptors (Lipinski definition) is 6. The van der Waals surface area contributed by atoms with E-state index in [1.807, 2.05) is 0 Å². The molecule has 0 radical (unpaired) electrons. The minimum absolute atomic E-state index is 0.0910. The van der Waals surface area contributed by atoms with Crippen molar-refractivity contribution >= 4 is 5.91 Å². The number of rotatable bonds is 4. The van der Waals surface area contributed by atoms with Crippen molar-refractivity contribution in [2.75, 3.05) is 21.3 Å². The third-order valence-corrected chi connectivity index (χ3v) is 4.86. The molecule has 7 nitrogen and oxygen atoms in total. The van der Waals surface area contributed by atoms with Gasteiger partial charge in [0.15, 0.2) is 17.2 Å². The van der Waals surface area contributed by atoms with Crippen molar-refractivity contribution < 1.29 is 28.2 Å². The predicted molar refractivity (Wildman–Crippen MR) is 104 cm³/mol. The molecule has 0 fully saturated rings. The van der Waals surface area contributed by atoms with Gasteiger partial charge in [0.25, 0.3) is 0 Å². The lowest BCUT2D eigenvalue weighted by atomic mass is 9.96. The number of benzene rings is 1. The Hall–Kier alpha value is -3.22. The average molecular weight is 388 g/mol. The minimum atomic E-state index is -2.84. The number of hydrogen-bond donors (Lipinski definition) is 2. The van der Waals surface area contributed by atoms with Crippen molar-refractivity contribution in [3.63, 3.8) is 0 Å². The molecule has 1 atom stereocenters. The monoisotopic (exact) mass is 388 g/mol. The van der Waals surface area contributed by atoms with Crippen LogP contribution in [0.25, 0.3) is 11.1 Å². The zero-order chi connectivity index (χ0) is 22.9. The summed E-state index contributed by atoms with van der Waals surface area (Å²) in [6.07, 6.45) is 0.613. The fourth-order valence-electron chi connectivity index (χ4n) is 3.61. The van der Waals surface area contributed by atoms with E-state index in [2.05, 4.69) is 5.32 Å². The number of carbonyl (C=O) groups excluding carboxylic acids is 1.